The Hall–Kier alpha value is -1.48. The van der Waals surface area contributed by atoms with E-state index < -0.39 is 106 Å². The number of carbonyl (C=O) groups is 2. The molecule has 1 aliphatic heterocycles. The van der Waals surface area contributed by atoms with Crippen LogP contribution < -0.4 is 0 Å². The molecule has 12 heteroatoms. The Morgan fingerprint density at radius 1 is 0.875 bits per heavy atom. The van der Waals surface area contributed by atoms with Crippen molar-refractivity contribution in [2.75, 3.05) is 13.2 Å². The van der Waals surface area contributed by atoms with E-state index in [1.807, 2.05) is 20.8 Å². The van der Waals surface area contributed by atoms with E-state index in [1.54, 1.807) is 13.0 Å². The fourth-order valence-electron chi connectivity index (χ4n) is 12.0. The number of ketones is 1. The van der Waals surface area contributed by atoms with Crippen LogP contribution in [0.4, 0.5) is 0 Å². The van der Waals surface area contributed by atoms with Crippen LogP contribution in [0.5, 0.6) is 0 Å². The zero-order valence-corrected chi connectivity index (χ0v) is 29.0. The van der Waals surface area contributed by atoms with E-state index in [0.29, 0.717) is 44.1 Å². The molecule has 0 amide bonds. The highest BCUT2D eigenvalue weighted by atomic mass is 16.7. The van der Waals surface area contributed by atoms with Crippen molar-refractivity contribution in [3.8, 4) is 0 Å². The lowest BCUT2D eigenvalue weighted by molar-refractivity contribution is -0.298. The van der Waals surface area contributed by atoms with Gasteiger partial charge in [0.25, 0.3) is 0 Å². The zero-order chi connectivity index (χ0) is 35.6. The predicted molar refractivity (Wildman–Crippen MR) is 169 cm³/mol. The van der Waals surface area contributed by atoms with Gasteiger partial charge in [0.2, 0.25) is 6.29 Å². The molecule has 0 aromatic carbocycles. The molecule has 5 aliphatic carbocycles. The number of esters is 1. The van der Waals surface area contributed by atoms with Crippen molar-refractivity contribution in [3.63, 3.8) is 0 Å². The van der Waals surface area contributed by atoms with Gasteiger partial charge in [-0.1, -0.05) is 47.1 Å². The molecular weight excluding hydrogens is 624 g/mol. The van der Waals surface area contributed by atoms with Crippen LogP contribution in [0.25, 0.3) is 0 Å². The molecule has 0 aromatic heterocycles. The van der Waals surface area contributed by atoms with Gasteiger partial charge in [-0.15, -0.1) is 0 Å². The molecular formula is C36H56O12. The molecule has 0 radical (unpaired) electrons. The average Bonchev–Trinajstić information content (AvgIpc) is 3.02. The van der Waals surface area contributed by atoms with Crippen LogP contribution in [0.2, 0.25) is 0 Å². The molecule has 12 nitrogen and oxygen atoms in total. The van der Waals surface area contributed by atoms with Crippen LogP contribution >= 0.6 is 0 Å². The summed E-state index contributed by atoms with van der Waals surface area (Å²) in [4.78, 5) is 29.1. The van der Waals surface area contributed by atoms with Gasteiger partial charge in [0.05, 0.1) is 36.9 Å². The highest BCUT2D eigenvalue weighted by molar-refractivity contribution is 5.96. The van der Waals surface area contributed by atoms with Gasteiger partial charge in [-0.3, -0.25) is 9.59 Å². The Labute approximate surface area is 282 Å². The smallest absolute Gasteiger partial charge is 0.315 e. The number of aliphatic hydroxyl groups excluding tert-OH is 8. The number of aliphatic hydroxyl groups is 8. The maximum absolute atomic E-state index is 14.7. The monoisotopic (exact) mass is 680 g/mol. The normalized spacial score (nSPS) is 54.6. The summed E-state index contributed by atoms with van der Waals surface area (Å²) in [6, 6.07) is 0. The van der Waals surface area contributed by atoms with Crippen LogP contribution in [-0.4, -0.2) is 115 Å². The average molecular weight is 681 g/mol. The maximum atomic E-state index is 14.7. The Bertz CT molecular complexity index is 1350. The third kappa shape index (κ3) is 4.59. The lowest BCUT2D eigenvalue weighted by atomic mass is 9.33. The summed E-state index contributed by atoms with van der Waals surface area (Å²) in [6.07, 6.45) is -6.71. The molecule has 6 rings (SSSR count). The summed E-state index contributed by atoms with van der Waals surface area (Å²) >= 11 is 0. The van der Waals surface area contributed by atoms with Gasteiger partial charge in [0.1, 0.15) is 24.4 Å². The number of hydrogen-bond acceptors (Lipinski definition) is 12. The Morgan fingerprint density at radius 2 is 1.52 bits per heavy atom. The molecule has 16 unspecified atom stereocenters. The molecule has 4 saturated carbocycles. The van der Waals surface area contributed by atoms with Crippen molar-refractivity contribution < 1.29 is 59.9 Å². The quantitative estimate of drug-likeness (QED) is 0.192. The van der Waals surface area contributed by atoms with E-state index in [9.17, 15) is 50.4 Å². The summed E-state index contributed by atoms with van der Waals surface area (Å²) in [5.41, 5.74) is -4.26. The fraction of sp³-hybridized carbons (Fsp3) is 0.889. The largest absolute Gasteiger partial charge is 0.432 e. The van der Waals surface area contributed by atoms with E-state index in [0.717, 1.165) is 0 Å². The van der Waals surface area contributed by atoms with Gasteiger partial charge in [-0.25, -0.2) is 0 Å². The van der Waals surface area contributed by atoms with E-state index >= 15 is 0 Å². The highest BCUT2D eigenvalue weighted by Crippen LogP contribution is 2.75. The van der Waals surface area contributed by atoms with Crippen LogP contribution in [0, 0.1) is 50.2 Å². The van der Waals surface area contributed by atoms with Crippen molar-refractivity contribution in [2.24, 2.45) is 50.2 Å². The molecule has 48 heavy (non-hydrogen) atoms. The van der Waals surface area contributed by atoms with Gasteiger partial charge < -0.3 is 50.3 Å². The van der Waals surface area contributed by atoms with E-state index in [-0.39, 0.29) is 24.7 Å². The van der Waals surface area contributed by atoms with E-state index in [1.165, 1.54) is 0 Å². The van der Waals surface area contributed by atoms with Crippen molar-refractivity contribution in [2.45, 2.75) is 136 Å². The van der Waals surface area contributed by atoms with Gasteiger partial charge in [-0.05, 0) is 78.6 Å². The Kier molecular flexibility index (Phi) is 8.71. The number of rotatable bonds is 4. The summed E-state index contributed by atoms with van der Waals surface area (Å²) in [6.45, 7) is 10.9. The number of hydrogen-bond donors (Lipinski definition) is 8. The first-order chi connectivity index (χ1) is 22.2. The lowest BCUT2D eigenvalue weighted by Gasteiger charge is -2.71. The molecule has 0 spiro atoms. The standard InChI is InChI=1S/C36H56O12/c1-31(2)9-11-36(30(46)48-29-25(43)24(42)23(41)20(15-37)47-29)12-10-34(5)17(22(36)28(31)45)13-18(39)26-32(3)14-19(40)27(44)33(4,16-38)21(32)7-8-35(26,34)6/h13,19-29,37-38,40-45H,7-12,14-16H2,1-6H3. The molecule has 1 heterocycles. The number of allylic oxidation sites excluding steroid dienone is 1. The topological polar surface area (TPSA) is 214 Å². The first-order valence-corrected chi connectivity index (χ1v) is 17.6. The summed E-state index contributed by atoms with van der Waals surface area (Å²) in [5.74, 6) is -2.49. The molecule has 8 N–H and O–H groups in total. The third-order valence-corrected chi connectivity index (χ3v) is 15.2. The number of carbonyl (C=O) groups excluding carboxylic acids is 2. The number of ether oxygens (including phenoxy) is 2. The Morgan fingerprint density at radius 3 is 2.15 bits per heavy atom. The van der Waals surface area contributed by atoms with Gasteiger partial charge in [0.15, 0.2) is 5.78 Å². The third-order valence-electron chi connectivity index (χ3n) is 15.2. The van der Waals surface area contributed by atoms with Crippen molar-refractivity contribution in [3.05, 3.63) is 11.6 Å². The highest BCUT2D eigenvalue weighted by Gasteiger charge is 2.73. The minimum Gasteiger partial charge on any atom is -0.432 e. The molecule has 1 saturated heterocycles. The fourth-order valence-corrected chi connectivity index (χ4v) is 12.0. The van der Waals surface area contributed by atoms with E-state index in [4.69, 9.17) is 9.47 Å². The van der Waals surface area contributed by atoms with Crippen LogP contribution in [0.3, 0.4) is 0 Å². The minimum absolute atomic E-state index is 0.158. The van der Waals surface area contributed by atoms with Gasteiger partial charge >= 0.3 is 5.97 Å². The molecule has 16 atom stereocenters. The van der Waals surface area contributed by atoms with Crippen LogP contribution in [0.1, 0.15) is 86.5 Å². The first-order valence-electron chi connectivity index (χ1n) is 17.6. The second-order valence-electron chi connectivity index (χ2n) is 17.8. The predicted octanol–water partition coefficient (Wildman–Crippen LogP) is 0.585. The summed E-state index contributed by atoms with van der Waals surface area (Å²) in [5, 5.41) is 85.8. The van der Waals surface area contributed by atoms with Crippen LogP contribution in [-0.2, 0) is 19.1 Å². The van der Waals surface area contributed by atoms with E-state index in [2.05, 4.69) is 13.8 Å². The van der Waals surface area contributed by atoms with Gasteiger partial charge in [0, 0.05) is 17.3 Å². The number of fused-ring (bicyclic) bond motifs is 7. The molecule has 5 fully saturated rings. The molecule has 0 bridgehead atoms. The zero-order valence-electron chi connectivity index (χ0n) is 29.0. The SMILES string of the molecule is CC1(C)CCC2(C(=O)OC3OC(CO)C(O)C(O)C3O)CCC3(C)C(=CC(=O)C4C5(C)CC(O)C(O)C(C)(CO)C5CCC43C)C2C1O. The van der Waals surface area contributed by atoms with Crippen molar-refractivity contribution in [1.29, 1.82) is 0 Å². The van der Waals surface area contributed by atoms with Crippen molar-refractivity contribution in [1.82, 2.24) is 0 Å². The Balaban J connectivity index is 1.42. The van der Waals surface area contributed by atoms with Crippen molar-refractivity contribution >= 4 is 11.8 Å². The maximum Gasteiger partial charge on any atom is 0.315 e. The second kappa shape index (κ2) is 11.5. The molecule has 6 aliphatic rings. The van der Waals surface area contributed by atoms with Crippen LogP contribution in [0.15, 0.2) is 11.6 Å². The lowest BCUT2D eigenvalue weighted by Crippen LogP contribution is -2.70. The minimum atomic E-state index is -1.78. The second-order valence-corrected chi connectivity index (χ2v) is 17.8. The summed E-state index contributed by atoms with van der Waals surface area (Å²) in [7, 11) is 0. The summed E-state index contributed by atoms with van der Waals surface area (Å²) < 4.78 is 11.3. The molecule has 0 aromatic rings. The molecule has 272 valence electrons. The van der Waals surface area contributed by atoms with Gasteiger partial charge in [-0.2, -0.15) is 0 Å². The first kappa shape index (κ1) is 36.3.